The van der Waals surface area contributed by atoms with Gasteiger partial charge in [-0.1, -0.05) is 18.2 Å². The molecule has 2 aromatic rings. The van der Waals surface area contributed by atoms with Crippen molar-refractivity contribution in [3.8, 4) is 5.75 Å². The van der Waals surface area contributed by atoms with Crippen LogP contribution in [0.25, 0.3) is 0 Å². The van der Waals surface area contributed by atoms with Crippen LogP contribution in [-0.4, -0.2) is 32.5 Å². The maximum absolute atomic E-state index is 10.5. The quantitative estimate of drug-likeness (QED) is 0.625. The minimum absolute atomic E-state index is 0.0949. The van der Waals surface area contributed by atoms with E-state index in [0.29, 0.717) is 5.75 Å². The molecular weight excluding hydrogens is 250 g/mol. The van der Waals surface area contributed by atoms with E-state index in [2.05, 4.69) is 5.10 Å². The lowest BCUT2D eigenvalue weighted by molar-refractivity contribution is -0.389. The summed E-state index contributed by atoms with van der Waals surface area (Å²) < 4.78 is 6.69. The summed E-state index contributed by atoms with van der Waals surface area (Å²) in [7, 11) is 0. The summed E-state index contributed by atoms with van der Waals surface area (Å²) >= 11 is 0. The predicted octanol–water partition coefficient (Wildman–Crippen LogP) is 1.23. The minimum atomic E-state index is -0.792. The molecule has 1 aromatic carbocycles. The summed E-state index contributed by atoms with van der Waals surface area (Å²) in [5, 5.41) is 23.9. The smallest absolute Gasteiger partial charge is 0.389 e. The molecule has 0 aliphatic heterocycles. The lowest BCUT2D eigenvalue weighted by atomic mass is 10.3. The number of para-hydroxylation sites is 1. The van der Waals surface area contributed by atoms with Gasteiger partial charge in [-0.3, -0.25) is 0 Å². The Labute approximate surface area is 109 Å². The maximum Gasteiger partial charge on any atom is 0.389 e. The topological polar surface area (TPSA) is 90.4 Å². The summed E-state index contributed by atoms with van der Waals surface area (Å²) in [4.78, 5) is 9.87. The van der Waals surface area contributed by atoms with E-state index in [1.54, 1.807) is 12.1 Å². The van der Waals surface area contributed by atoms with Gasteiger partial charge in [0.2, 0.25) is 0 Å². The van der Waals surface area contributed by atoms with Gasteiger partial charge in [-0.15, -0.1) is 0 Å². The van der Waals surface area contributed by atoms with Crippen LogP contribution < -0.4 is 4.74 Å². The number of rotatable bonds is 6. The number of aromatic nitrogens is 2. The van der Waals surface area contributed by atoms with Gasteiger partial charge in [0, 0.05) is 0 Å². The molecule has 1 unspecified atom stereocenters. The second-order valence-corrected chi connectivity index (χ2v) is 3.93. The van der Waals surface area contributed by atoms with Crippen molar-refractivity contribution in [3.63, 3.8) is 0 Å². The molecule has 19 heavy (non-hydrogen) atoms. The molecule has 1 atom stereocenters. The van der Waals surface area contributed by atoms with E-state index in [9.17, 15) is 15.2 Å². The van der Waals surface area contributed by atoms with Crippen molar-refractivity contribution in [3.05, 3.63) is 52.7 Å². The zero-order valence-electron chi connectivity index (χ0n) is 10.0. The third-order valence-electron chi connectivity index (χ3n) is 2.40. The molecule has 0 saturated heterocycles. The Morgan fingerprint density at radius 1 is 1.37 bits per heavy atom. The molecule has 100 valence electrons. The molecule has 0 aliphatic carbocycles. The largest absolute Gasteiger partial charge is 0.491 e. The van der Waals surface area contributed by atoms with Gasteiger partial charge in [-0.05, 0) is 17.1 Å². The van der Waals surface area contributed by atoms with Crippen LogP contribution in [0.1, 0.15) is 0 Å². The molecule has 1 N–H and O–H groups in total. The normalized spacial score (nSPS) is 12.1. The second kappa shape index (κ2) is 5.96. The van der Waals surface area contributed by atoms with Crippen LogP contribution in [0, 0.1) is 10.1 Å². The highest BCUT2D eigenvalue weighted by Crippen LogP contribution is 2.09. The molecule has 0 spiro atoms. The standard InChI is InChI=1S/C12H13N3O4/c16-10(9-19-11-4-2-1-3-5-11)8-14-7-6-12(13-14)15(17)18/h1-7,10,16H,8-9H2. The van der Waals surface area contributed by atoms with Crippen molar-refractivity contribution < 1.29 is 14.8 Å². The van der Waals surface area contributed by atoms with Gasteiger partial charge in [0.15, 0.2) is 0 Å². The van der Waals surface area contributed by atoms with Crippen LogP contribution in [0.2, 0.25) is 0 Å². The zero-order valence-corrected chi connectivity index (χ0v) is 10.0. The summed E-state index contributed by atoms with van der Waals surface area (Å²) in [6.07, 6.45) is 0.656. The lowest BCUT2D eigenvalue weighted by Gasteiger charge is -2.10. The second-order valence-electron chi connectivity index (χ2n) is 3.93. The van der Waals surface area contributed by atoms with Gasteiger partial charge in [0.1, 0.15) is 18.5 Å². The van der Waals surface area contributed by atoms with E-state index >= 15 is 0 Å². The van der Waals surface area contributed by atoms with Crippen molar-refractivity contribution in [2.24, 2.45) is 0 Å². The zero-order chi connectivity index (χ0) is 13.7. The number of hydrogen-bond acceptors (Lipinski definition) is 5. The molecule has 0 radical (unpaired) electrons. The molecule has 1 aromatic heterocycles. The average Bonchev–Trinajstić information content (AvgIpc) is 2.86. The van der Waals surface area contributed by atoms with Crippen molar-refractivity contribution in [1.29, 1.82) is 0 Å². The van der Waals surface area contributed by atoms with E-state index in [4.69, 9.17) is 4.74 Å². The molecule has 0 amide bonds. The lowest BCUT2D eigenvalue weighted by Crippen LogP contribution is -2.23. The Balaban J connectivity index is 1.83. The van der Waals surface area contributed by atoms with E-state index in [1.165, 1.54) is 16.9 Å². The van der Waals surface area contributed by atoms with Gasteiger partial charge in [0.05, 0.1) is 23.9 Å². The first-order chi connectivity index (χ1) is 9.15. The van der Waals surface area contributed by atoms with Crippen molar-refractivity contribution >= 4 is 5.82 Å². The van der Waals surface area contributed by atoms with Crippen LogP contribution in [0.5, 0.6) is 5.75 Å². The Kier molecular flexibility index (Phi) is 4.09. The van der Waals surface area contributed by atoms with Crippen LogP contribution in [0.3, 0.4) is 0 Å². The highest BCUT2D eigenvalue weighted by Gasteiger charge is 2.14. The molecule has 7 heteroatoms. The molecular formula is C12H13N3O4. The Bertz CT molecular complexity index is 541. The van der Waals surface area contributed by atoms with Crippen LogP contribution in [0.4, 0.5) is 5.82 Å². The van der Waals surface area contributed by atoms with Crippen molar-refractivity contribution in [2.75, 3.05) is 6.61 Å². The average molecular weight is 263 g/mol. The number of benzene rings is 1. The molecule has 0 aliphatic rings. The number of nitrogens with zero attached hydrogens (tertiary/aromatic N) is 3. The Morgan fingerprint density at radius 2 is 2.11 bits per heavy atom. The Hall–Kier alpha value is -2.41. The summed E-state index contributed by atoms with van der Waals surface area (Å²) in [6, 6.07) is 10.4. The van der Waals surface area contributed by atoms with E-state index in [1.807, 2.05) is 18.2 Å². The molecule has 2 rings (SSSR count). The fraction of sp³-hybridized carbons (Fsp3) is 0.250. The predicted molar refractivity (Wildman–Crippen MR) is 66.8 cm³/mol. The third-order valence-corrected chi connectivity index (χ3v) is 2.40. The number of aliphatic hydroxyl groups excluding tert-OH is 1. The van der Waals surface area contributed by atoms with Crippen LogP contribution in [-0.2, 0) is 6.54 Å². The molecule has 1 heterocycles. The van der Waals surface area contributed by atoms with E-state index in [0.717, 1.165) is 0 Å². The fourth-order valence-electron chi connectivity index (χ4n) is 1.53. The van der Waals surface area contributed by atoms with E-state index in [-0.39, 0.29) is 19.0 Å². The number of hydrogen-bond donors (Lipinski definition) is 1. The first kappa shape index (κ1) is 13.0. The summed E-state index contributed by atoms with van der Waals surface area (Å²) in [5.41, 5.74) is 0. The summed E-state index contributed by atoms with van der Waals surface area (Å²) in [5.74, 6) is 0.421. The number of ether oxygens (including phenoxy) is 1. The maximum atomic E-state index is 10.5. The number of aliphatic hydroxyl groups is 1. The van der Waals surface area contributed by atoms with Gasteiger partial charge < -0.3 is 20.0 Å². The molecule has 0 bridgehead atoms. The van der Waals surface area contributed by atoms with Crippen LogP contribution >= 0.6 is 0 Å². The number of nitro groups is 1. The first-order valence-electron chi connectivity index (χ1n) is 5.69. The van der Waals surface area contributed by atoms with Gasteiger partial charge in [-0.2, -0.15) is 4.68 Å². The molecule has 0 saturated carbocycles. The summed E-state index contributed by atoms with van der Waals surface area (Å²) in [6.45, 7) is 0.234. The van der Waals surface area contributed by atoms with E-state index < -0.39 is 11.0 Å². The van der Waals surface area contributed by atoms with Gasteiger partial charge >= 0.3 is 5.82 Å². The highest BCUT2D eigenvalue weighted by atomic mass is 16.6. The minimum Gasteiger partial charge on any atom is -0.491 e. The first-order valence-corrected chi connectivity index (χ1v) is 5.69. The highest BCUT2D eigenvalue weighted by molar-refractivity contribution is 5.20. The Morgan fingerprint density at radius 3 is 2.74 bits per heavy atom. The SMILES string of the molecule is O=[N+]([O-])c1ccn(CC(O)COc2ccccc2)n1. The third kappa shape index (κ3) is 3.78. The van der Waals surface area contributed by atoms with Crippen LogP contribution in [0.15, 0.2) is 42.6 Å². The van der Waals surface area contributed by atoms with Gasteiger partial charge in [-0.25, -0.2) is 0 Å². The fourth-order valence-corrected chi connectivity index (χ4v) is 1.53. The monoisotopic (exact) mass is 263 g/mol. The van der Waals surface area contributed by atoms with Crippen molar-refractivity contribution in [2.45, 2.75) is 12.6 Å². The molecule has 0 fully saturated rings. The molecule has 7 nitrogen and oxygen atoms in total. The van der Waals surface area contributed by atoms with Gasteiger partial charge in [0.25, 0.3) is 0 Å². The van der Waals surface area contributed by atoms with Crippen molar-refractivity contribution in [1.82, 2.24) is 9.78 Å².